The van der Waals surface area contributed by atoms with Crippen LogP contribution in [0.5, 0.6) is 0 Å². The number of pyridine rings is 1. The molecule has 1 atom stereocenters. The highest BCUT2D eigenvalue weighted by molar-refractivity contribution is 7.77. The Morgan fingerprint density at radius 2 is 1.90 bits per heavy atom. The van der Waals surface area contributed by atoms with Crippen LogP contribution in [-0.2, 0) is 17.8 Å². The van der Waals surface area contributed by atoms with Crippen LogP contribution in [0.15, 0.2) is 71.7 Å². The minimum atomic E-state index is -2.12. The van der Waals surface area contributed by atoms with Crippen LogP contribution in [0.1, 0.15) is 11.3 Å². The van der Waals surface area contributed by atoms with E-state index in [1.807, 2.05) is 55.5 Å². The fraction of sp³-hybridized carbons (Fsp3) is 0.0909. The summed E-state index contributed by atoms with van der Waals surface area (Å²) < 4.78 is 22.3. The van der Waals surface area contributed by atoms with Crippen LogP contribution in [0.4, 0.5) is 11.4 Å². The van der Waals surface area contributed by atoms with Gasteiger partial charge in [-0.25, -0.2) is 8.93 Å². The molecule has 2 heterocycles. The lowest BCUT2D eigenvalue weighted by atomic mass is 10.1. The summed E-state index contributed by atoms with van der Waals surface area (Å²) in [6, 6.07) is 18.6. The van der Waals surface area contributed by atoms with E-state index in [9.17, 15) is 9.00 Å². The van der Waals surface area contributed by atoms with Gasteiger partial charge in [0.25, 0.3) is 0 Å². The quantitative estimate of drug-likeness (QED) is 0.354. The summed E-state index contributed by atoms with van der Waals surface area (Å²) in [5.41, 5.74) is 5.27. The van der Waals surface area contributed by atoms with Gasteiger partial charge < -0.3 is 10.3 Å². The van der Waals surface area contributed by atoms with E-state index in [0.717, 1.165) is 28.0 Å². The van der Waals surface area contributed by atoms with Crippen LogP contribution in [0, 0.1) is 6.92 Å². The van der Waals surface area contributed by atoms with Gasteiger partial charge in [0, 0.05) is 17.4 Å². The highest BCUT2D eigenvalue weighted by Crippen LogP contribution is 2.35. The first-order valence-corrected chi connectivity index (χ1v) is 10.4. The maximum atomic E-state index is 12.9. The third-order valence-electron chi connectivity index (χ3n) is 4.67. The van der Waals surface area contributed by atoms with Gasteiger partial charge in [0.1, 0.15) is 0 Å². The Kier molecular flexibility index (Phi) is 5.71. The van der Waals surface area contributed by atoms with Crippen molar-refractivity contribution in [3.05, 3.63) is 88.3 Å². The van der Waals surface area contributed by atoms with Crippen molar-refractivity contribution in [2.24, 2.45) is 0 Å². The number of para-hydroxylation sites is 1. The molecule has 2 aromatic heterocycles. The number of fused-ring (bicyclic) bond motifs is 1. The van der Waals surface area contributed by atoms with Crippen molar-refractivity contribution in [2.45, 2.75) is 13.5 Å². The molecule has 0 saturated heterocycles. The van der Waals surface area contributed by atoms with Gasteiger partial charge in [-0.2, -0.15) is 0 Å². The number of anilines is 2. The van der Waals surface area contributed by atoms with Crippen LogP contribution in [0.2, 0.25) is 0 Å². The van der Waals surface area contributed by atoms with E-state index < -0.39 is 11.3 Å². The second-order valence-electron chi connectivity index (χ2n) is 6.85. The normalized spacial score (nSPS) is 12.1. The smallest absolute Gasteiger partial charge is 0.232 e. The second kappa shape index (κ2) is 8.58. The first-order valence-electron chi connectivity index (χ1n) is 9.29. The van der Waals surface area contributed by atoms with Crippen LogP contribution < -0.4 is 15.5 Å². The molecular weight excluding hydrogens is 400 g/mol. The van der Waals surface area contributed by atoms with Crippen molar-refractivity contribution in [1.82, 2.24) is 14.7 Å². The lowest BCUT2D eigenvalue weighted by Crippen LogP contribution is -2.16. The van der Waals surface area contributed by atoms with Gasteiger partial charge in [0.15, 0.2) is 5.43 Å². The summed E-state index contributed by atoms with van der Waals surface area (Å²) in [7, 11) is 0. The van der Waals surface area contributed by atoms with E-state index in [4.69, 9.17) is 4.55 Å². The molecule has 1 unspecified atom stereocenters. The predicted molar refractivity (Wildman–Crippen MR) is 120 cm³/mol. The molecule has 0 radical (unpaired) electrons. The minimum Gasteiger partial charge on any atom is -0.353 e. The zero-order chi connectivity index (χ0) is 21.1. The largest absolute Gasteiger partial charge is 0.353 e. The maximum absolute atomic E-state index is 12.9. The zero-order valence-electron chi connectivity index (χ0n) is 16.2. The van der Waals surface area contributed by atoms with Gasteiger partial charge in [0.05, 0.1) is 34.5 Å². The standard InChI is InChI=1S/C22H20N4O3S/c1-14-7-8-19(27)20-18(11-14)26-21(22(20)25-16-5-3-2-4-6-16)15-9-10-23-17(12-15)13-24-30(28)29/h2-12,24-26H,13H2,1H3,(H,28,29). The molecule has 4 N–H and O–H groups in total. The van der Waals surface area contributed by atoms with Crippen molar-refractivity contribution in [3.8, 4) is 11.3 Å². The Labute approximate surface area is 175 Å². The van der Waals surface area contributed by atoms with Gasteiger partial charge in [-0.3, -0.25) is 14.3 Å². The molecule has 8 heteroatoms. The third kappa shape index (κ3) is 4.30. The molecule has 0 bridgehead atoms. The average molecular weight is 420 g/mol. The molecule has 4 aromatic rings. The predicted octanol–water partition coefficient (Wildman–Crippen LogP) is 3.87. The molecule has 0 amide bonds. The number of nitrogens with zero attached hydrogens (tertiary/aromatic N) is 1. The molecule has 152 valence electrons. The van der Waals surface area contributed by atoms with Crippen LogP contribution in [0.25, 0.3) is 22.2 Å². The van der Waals surface area contributed by atoms with Gasteiger partial charge in [-0.15, -0.1) is 0 Å². The molecule has 7 nitrogen and oxygen atoms in total. The summed E-state index contributed by atoms with van der Waals surface area (Å²) in [5.74, 6) is 0. The second-order valence-corrected chi connectivity index (χ2v) is 7.63. The van der Waals surface area contributed by atoms with Gasteiger partial charge in [-0.05, 0) is 48.9 Å². The van der Waals surface area contributed by atoms with E-state index in [1.165, 1.54) is 0 Å². The number of rotatable bonds is 6. The number of hydrogen-bond acceptors (Lipinski definition) is 4. The van der Waals surface area contributed by atoms with Crippen molar-refractivity contribution >= 4 is 33.5 Å². The molecule has 0 spiro atoms. The number of nitrogens with one attached hydrogen (secondary N) is 3. The summed E-state index contributed by atoms with van der Waals surface area (Å²) in [6.45, 7) is 2.08. The number of hydrogen-bond donors (Lipinski definition) is 4. The number of benzene rings is 1. The first-order chi connectivity index (χ1) is 14.5. The lowest BCUT2D eigenvalue weighted by Gasteiger charge is -2.09. The number of aromatic amines is 1. The summed E-state index contributed by atoms with van der Waals surface area (Å²) >= 11 is -2.12. The molecule has 0 aliphatic carbocycles. The molecular formula is C22H20N4O3S. The van der Waals surface area contributed by atoms with Crippen molar-refractivity contribution in [1.29, 1.82) is 0 Å². The van der Waals surface area contributed by atoms with E-state index in [2.05, 4.69) is 20.0 Å². The summed E-state index contributed by atoms with van der Waals surface area (Å²) in [5, 5.41) is 3.95. The Hall–Kier alpha value is -3.33. The van der Waals surface area contributed by atoms with E-state index in [1.54, 1.807) is 18.3 Å². The third-order valence-corrected chi connectivity index (χ3v) is 5.06. The number of H-pyrrole nitrogens is 1. The number of aryl methyl sites for hydroxylation is 1. The van der Waals surface area contributed by atoms with Crippen molar-refractivity contribution < 1.29 is 8.76 Å². The van der Waals surface area contributed by atoms with Crippen LogP contribution in [-0.4, -0.2) is 18.7 Å². The molecule has 2 aromatic carbocycles. The van der Waals surface area contributed by atoms with Crippen molar-refractivity contribution in [2.75, 3.05) is 5.32 Å². The highest BCUT2D eigenvalue weighted by Gasteiger charge is 2.16. The van der Waals surface area contributed by atoms with E-state index in [-0.39, 0.29) is 12.0 Å². The maximum Gasteiger partial charge on any atom is 0.232 e. The van der Waals surface area contributed by atoms with Crippen LogP contribution in [0.3, 0.4) is 0 Å². The van der Waals surface area contributed by atoms with Crippen LogP contribution >= 0.6 is 0 Å². The molecule has 0 fully saturated rings. The Balaban J connectivity index is 1.90. The molecule has 0 aliphatic heterocycles. The fourth-order valence-corrected chi connectivity index (χ4v) is 3.59. The minimum absolute atomic E-state index is 0.0920. The average Bonchev–Trinajstić information content (AvgIpc) is 3.01. The molecule has 30 heavy (non-hydrogen) atoms. The van der Waals surface area contributed by atoms with Crippen molar-refractivity contribution in [3.63, 3.8) is 0 Å². The molecule has 0 aliphatic rings. The van der Waals surface area contributed by atoms with E-state index >= 15 is 0 Å². The van der Waals surface area contributed by atoms with Gasteiger partial charge >= 0.3 is 0 Å². The molecule has 0 saturated carbocycles. The SMILES string of the molecule is Cc1ccc(=O)c2c(Nc3ccccc3)c(-c3ccnc(CNS(=O)O)c3)[nH]c2c1. The number of aromatic nitrogens is 2. The Morgan fingerprint density at radius 3 is 2.67 bits per heavy atom. The van der Waals surface area contributed by atoms with Gasteiger partial charge in [-0.1, -0.05) is 24.3 Å². The monoisotopic (exact) mass is 420 g/mol. The summed E-state index contributed by atoms with van der Waals surface area (Å²) in [4.78, 5) is 20.5. The highest BCUT2D eigenvalue weighted by atomic mass is 32.2. The Morgan fingerprint density at radius 1 is 1.10 bits per heavy atom. The topological polar surface area (TPSA) is 107 Å². The summed E-state index contributed by atoms with van der Waals surface area (Å²) in [6.07, 6.45) is 1.63. The Bertz CT molecular complexity index is 1290. The lowest BCUT2D eigenvalue weighted by molar-refractivity contribution is 0.548. The van der Waals surface area contributed by atoms with E-state index in [0.29, 0.717) is 16.8 Å². The molecule has 4 rings (SSSR count). The van der Waals surface area contributed by atoms with Gasteiger partial charge in [0.2, 0.25) is 11.3 Å². The first kappa shape index (κ1) is 20.0. The fourth-order valence-electron chi connectivity index (χ4n) is 3.32. The zero-order valence-corrected chi connectivity index (χ0v) is 17.0.